The summed E-state index contributed by atoms with van der Waals surface area (Å²) in [6, 6.07) is 12.7. The number of sulfonamides is 1. The van der Waals surface area contributed by atoms with Crippen molar-refractivity contribution in [2.24, 2.45) is 0 Å². The molecule has 0 saturated carbocycles. The summed E-state index contributed by atoms with van der Waals surface area (Å²) >= 11 is 6.27. The molecule has 2 aliphatic heterocycles. The summed E-state index contributed by atoms with van der Waals surface area (Å²) < 4.78 is 27.8. The second-order valence-electron chi connectivity index (χ2n) is 8.21. The fourth-order valence-electron chi connectivity index (χ4n) is 4.60. The summed E-state index contributed by atoms with van der Waals surface area (Å²) in [6.45, 7) is 2.06. The zero-order valence-electron chi connectivity index (χ0n) is 17.1. The van der Waals surface area contributed by atoms with E-state index in [0.717, 1.165) is 47.8 Å². The van der Waals surface area contributed by atoms with Gasteiger partial charge in [0.05, 0.1) is 5.02 Å². The van der Waals surface area contributed by atoms with Crippen LogP contribution in [0.5, 0.6) is 0 Å². The van der Waals surface area contributed by atoms with Gasteiger partial charge < -0.3 is 9.88 Å². The number of carbonyl (C=O) groups is 1. The number of fused-ring (bicyclic) bond motifs is 3. The number of para-hydroxylation sites is 1. The first kappa shape index (κ1) is 20.5. The first-order valence-electron chi connectivity index (χ1n) is 10.6. The molecule has 1 fully saturated rings. The van der Waals surface area contributed by atoms with E-state index in [2.05, 4.69) is 11.1 Å². The van der Waals surface area contributed by atoms with Gasteiger partial charge in [-0.2, -0.15) is 4.31 Å². The van der Waals surface area contributed by atoms with Crippen molar-refractivity contribution in [2.45, 2.75) is 37.1 Å². The van der Waals surface area contributed by atoms with Crippen LogP contribution in [0.15, 0.2) is 47.4 Å². The van der Waals surface area contributed by atoms with Gasteiger partial charge in [-0.15, -0.1) is 0 Å². The molecule has 0 spiro atoms. The number of carbonyl (C=O) groups excluding carboxylic acids is 1. The van der Waals surface area contributed by atoms with E-state index in [9.17, 15) is 13.2 Å². The molecule has 2 aliphatic rings. The van der Waals surface area contributed by atoms with Crippen molar-refractivity contribution >= 4 is 38.4 Å². The van der Waals surface area contributed by atoms with E-state index in [0.29, 0.717) is 31.7 Å². The Balaban J connectivity index is 1.44. The number of rotatable bonds is 3. The first-order chi connectivity index (χ1) is 14.9. The SMILES string of the molecule is O=C(c1ccc(Cl)c(S(=O)(=O)N2CCCCC2)c1)N1CCc2[nH]c3ccccc3c2C1. The molecule has 0 radical (unpaired) electrons. The molecule has 3 heterocycles. The lowest BCUT2D eigenvalue weighted by Gasteiger charge is -2.28. The van der Waals surface area contributed by atoms with Crippen molar-refractivity contribution in [3.63, 3.8) is 0 Å². The molecule has 6 nitrogen and oxygen atoms in total. The number of hydrogen-bond donors (Lipinski definition) is 1. The highest BCUT2D eigenvalue weighted by molar-refractivity contribution is 7.89. The third-order valence-electron chi connectivity index (χ3n) is 6.28. The molecule has 1 saturated heterocycles. The quantitative estimate of drug-likeness (QED) is 0.640. The van der Waals surface area contributed by atoms with Crippen LogP contribution >= 0.6 is 11.6 Å². The number of nitrogens with zero attached hydrogens (tertiary/aromatic N) is 2. The Morgan fingerprint density at radius 3 is 2.58 bits per heavy atom. The Morgan fingerprint density at radius 1 is 1.00 bits per heavy atom. The lowest BCUT2D eigenvalue weighted by atomic mass is 10.0. The highest BCUT2D eigenvalue weighted by Crippen LogP contribution is 2.31. The summed E-state index contributed by atoms with van der Waals surface area (Å²) in [6.07, 6.45) is 3.46. The van der Waals surface area contributed by atoms with Crippen LogP contribution in [0, 0.1) is 0 Å². The summed E-state index contributed by atoms with van der Waals surface area (Å²) in [5, 5.41) is 1.28. The van der Waals surface area contributed by atoms with Gasteiger partial charge in [0.2, 0.25) is 10.0 Å². The topological polar surface area (TPSA) is 73.5 Å². The second-order valence-corrected chi connectivity index (χ2v) is 10.5. The number of hydrogen-bond acceptors (Lipinski definition) is 3. The van der Waals surface area contributed by atoms with Gasteiger partial charge in [0, 0.05) is 60.3 Å². The molecule has 8 heteroatoms. The second kappa shape index (κ2) is 7.97. The lowest BCUT2D eigenvalue weighted by molar-refractivity contribution is 0.0735. The molecular weight excluding hydrogens is 434 g/mol. The Hall–Kier alpha value is -2.35. The van der Waals surface area contributed by atoms with Crippen molar-refractivity contribution in [2.75, 3.05) is 19.6 Å². The molecule has 0 bridgehead atoms. The molecule has 0 unspecified atom stereocenters. The zero-order chi connectivity index (χ0) is 21.6. The average molecular weight is 458 g/mol. The number of nitrogens with one attached hydrogen (secondary N) is 1. The van der Waals surface area contributed by atoms with Gasteiger partial charge >= 0.3 is 0 Å². The first-order valence-corrected chi connectivity index (χ1v) is 12.4. The smallest absolute Gasteiger partial charge is 0.254 e. The number of amides is 1. The van der Waals surface area contributed by atoms with E-state index in [1.807, 2.05) is 18.2 Å². The number of piperidine rings is 1. The molecule has 3 aromatic rings. The number of aromatic nitrogens is 1. The highest BCUT2D eigenvalue weighted by atomic mass is 35.5. The Morgan fingerprint density at radius 2 is 1.77 bits per heavy atom. The zero-order valence-corrected chi connectivity index (χ0v) is 18.7. The van der Waals surface area contributed by atoms with Crippen molar-refractivity contribution in [1.29, 1.82) is 0 Å². The fraction of sp³-hybridized carbons (Fsp3) is 0.348. The molecule has 2 aromatic carbocycles. The minimum absolute atomic E-state index is 0.0201. The molecule has 0 atom stereocenters. The predicted octanol–water partition coefficient (Wildman–Crippen LogP) is 4.19. The lowest BCUT2D eigenvalue weighted by Crippen LogP contribution is -2.37. The van der Waals surface area contributed by atoms with Gasteiger partial charge in [-0.05, 0) is 37.1 Å². The van der Waals surface area contributed by atoms with Gasteiger partial charge in [0.15, 0.2) is 0 Å². The van der Waals surface area contributed by atoms with Gasteiger partial charge in [-0.3, -0.25) is 4.79 Å². The fourth-order valence-corrected chi connectivity index (χ4v) is 6.62. The molecule has 5 rings (SSSR count). The van der Waals surface area contributed by atoms with Crippen LogP contribution in [0.25, 0.3) is 10.9 Å². The van der Waals surface area contributed by atoms with Crippen LogP contribution in [-0.2, 0) is 23.0 Å². The van der Waals surface area contributed by atoms with Crippen LogP contribution in [0.1, 0.15) is 40.9 Å². The number of halogens is 1. The van der Waals surface area contributed by atoms with Crippen molar-refractivity contribution in [3.05, 3.63) is 64.3 Å². The number of aromatic amines is 1. The Bertz CT molecular complexity index is 1260. The van der Waals surface area contributed by atoms with Crippen molar-refractivity contribution in [1.82, 2.24) is 14.2 Å². The van der Waals surface area contributed by atoms with E-state index >= 15 is 0 Å². The van der Waals surface area contributed by atoms with E-state index in [1.54, 1.807) is 11.0 Å². The molecule has 1 amide bonds. The minimum Gasteiger partial charge on any atom is -0.358 e. The number of benzene rings is 2. The van der Waals surface area contributed by atoms with E-state index in [1.165, 1.54) is 16.4 Å². The maximum Gasteiger partial charge on any atom is 0.254 e. The summed E-state index contributed by atoms with van der Waals surface area (Å²) in [4.78, 5) is 18.5. The van der Waals surface area contributed by atoms with Crippen LogP contribution in [0.3, 0.4) is 0 Å². The van der Waals surface area contributed by atoms with Crippen LogP contribution < -0.4 is 0 Å². The molecule has 0 aliphatic carbocycles. The normalized spacial score (nSPS) is 17.6. The maximum atomic E-state index is 13.3. The Labute approximate surface area is 186 Å². The van der Waals surface area contributed by atoms with Crippen molar-refractivity contribution < 1.29 is 13.2 Å². The van der Waals surface area contributed by atoms with E-state index in [-0.39, 0.29) is 15.8 Å². The Kier molecular flexibility index (Phi) is 5.28. The largest absolute Gasteiger partial charge is 0.358 e. The van der Waals surface area contributed by atoms with Gasteiger partial charge in [0.1, 0.15) is 4.90 Å². The molecule has 1 N–H and O–H groups in total. The molecule has 1 aromatic heterocycles. The minimum atomic E-state index is -3.72. The van der Waals surface area contributed by atoms with Crippen LogP contribution in [-0.4, -0.2) is 48.1 Å². The van der Waals surface area contributed by atoms with E-state index < -0.39 is 10.0 Å². The average Bonchev–Trinajstić information content (AvgIpc) is 3.17. The summed E-state index contributed by atoms with van der Waals surface area (Å²) in [7, 11) is -3.72. The monoisotopic (exact) mass is 457 g/mol. The van der Waals surface area contributed by atoms with E-state index in [4.69, 9.17) is 11.6 Å². The highest BCUT2D eigenvalue weighted by Gasteiger charge is 2.30. The summed E-state index contributed by atoms with van der Waals surface area (Å²) in [5.41, 5.74) is 3.71. The number of H-pyrrole nitrogens is 1. The molecule has 162 valence electrons. The van der Waals surface area contributed by atoms with Crippen LogP contribution in [0.4, 0.5) is 0 Å². The summed E-state index contributed by atoms with van der Waals surface area (Å²) in [5.74, 6) is -0.178. The van der Waals surface area contributed by atoms with Gasteiger partial charge in [0.25, 0.3) is 5.91 Å². The van der Waals surface area contributed by atoms with Crippen LogP contribution in [0.2, 0.25) is 5.02 Å². The third-order valence-corrected chi connectivity index (χ3v) is 8.66. The maximum absolute atomic E-state index is 13.3. The molecule has 31 heavy (non-hydrogen) atoms. The third kappa shape index (κ3) is 3.64. The predicted molar refractivity (Wildman–Crippen MR) is 121 cm³/mol. The standard InChI is InChI=1S/C23H24ClN3O3S/c24-19-9-8-16(14-22(19)31(29,30)27-11-4-1-5-12-27)23(28)26-13-10-21-18(15-26)17-6-2-3-7-20(17)25-21/h2-3,6-9,14,25H,1,4-5,10-13,15H2. The van der Waals surface area contributed by atoms with Gasteiger partial charge in [-0.25, -0.2) is 8.42 Å². The van der Waals surface area contributed by atoms with Crippen molar-refractivity contribution in [3.8, 4) is 0 Å². The molecular formula is C23H24ClN3O3S. The van der Waals surface area contributed by atoms with Gasteiger partial charge in [-0.1, -0.05) is 36.2 Å².